The molecule has 0 spiro atoms. The molecule has 2 aromatic rings. The normalized spacial score (nSPS) is 10.8. The van der Waals surface area contributed by atoms with Crippen molar-refractivity contribution in [3.63, 3.8) is 0 Å². The first-order chi connectivity index (χ1) is 9.15. The van der Waals surface area contributed by atoms with Gasteiger partial charge < -0.3 is 18.8 Å². The third kappa shape index (κ3) is 2.82. The second-order valence-corrected chi connectivity index (χ2v) is 3.96. The maximum Gasteiger partial charge on any atom is 0.373 e. The van der Waals surface area contributed by atoms with Crippen molar-refractivity contribution in [3.05, 3.63) is 23.3 Å². The molecule has 0 unspecified atom stereocenters. The molecule has 0 radical (unpaired) electrons. The minimum Gasteiger partial charge on any atom is -0.475 e. The Bertz CT molecular complexity index is 572. The monoisotopic (exact) mass is 266 g/mol. The van der Waals surface area contributed by atoms with E-state index in [-0.39, 0.29) is 18.3 Å². The van der Waals surface area contributed by atoms with Crippen LogP contribution in [-0.4, -0.2) is 28.3 Å². The SMILES string of the molecule is CCCc1nc(-c2cc(COC)on2)oc1C(=O)O. The van der Waals surface area contributed by atoms with Gasteiger partial charge in [0, 0.05) is 13.2 Å². The highest BCUT2D eigenvalue weighted by molar-refractivity contribution is 5.86. The van der Waals surface area contributed by atoms with Gasteiger partial charge in [0.25, 0.3) is 0 Å². The molecule has 0 saturated carbocycles. The van der Waals surface area contributed by atoms with E-state index in [4.69, 9.17) is 18.8 Å². The van der Waals surface area contributed by atoms with E-state index in [9.17, 15) is 4.79 Å². The Morgan fingerprint density at radius 2 is 2.32 bits per heavy atom. The number of carbonyl (C=O) groups is 1. The van der Waals surface area contributed by atoms with E-state index in [1.165, 1.54) is 7.11 Å². The second kappa shape index (κ2) is 5.66. The van der Waals surface area contributed by atoms with Crippen LogP contribution in [0.1, 0.15) is 35.4 Å². The Kier molecular flexibility index (Phi) is 3.96. The molecule has 0 saturated heterocycles. The first kappa shape index (κ1) is 13.3. The predicted octanol–water partition coefficient (Wildman–Crippen LogP) is 2.13. The molecule has 2 rings (SSSR count). The third-order valence-electron chi connectivity index (χ3n) is 2.44. The zero-order valence-corrected chi connectivity index (χ0v) is 10.7. The molecule has 1 N–H and O–H groups in total. The second-order valence-electron chi connectivity index (χ2n) is 3.96. The molecular formula is C12H14N2O5. The van der Waals surface area contributed by atoms with Crippen LogP contribution >= 0.6 is 0 Å². The Labute approximate surface area is 109 Å². The summed E-state index contributed by atoms with van der Waals surface area (Å²) in [4.78, 5) is 15.2. The van der Waals surface area contributed by atoms with Crippen molar-refractivity contribution >= 4 is 5.97 Å². The molecule has 0 aliphatic carbocycles. The van der Waals surface area contributed by atoms with Gasteiger partial charge in [0.1, 0.15) is 6.61 Å². The van der Waals surface area contributed by atoms with Crippen LogP contribution in [-0.2, 0) is 17.8 Å². The van der Waals surface area contributed by atoms with Gasteiger partial charge in [-0.25, -0.2) is 9.78 Å². The largest absolute Gasteiger partial charge is 0.475 e. The van der Waals surface area contributed by atoms with Crippen molar-refractivity contribution in [2.75, 3.05) is 7.11 Å². The number of methoxy groups -OCH3 is 1. The van der Waals surface area contributed by atoms with Gasteiger partial charge in [-0.2, -0.15) is 0 Å². The highest BCUT2D eigenvalue weighted by Crippen LogP contribution is 2.23. The molecule has 2 heterocycles. The Morgan fingerprint density at radius 3 is 2.95 bits per heavy atom. The number of hydrogen-bond donors (Lipinski definition) is 1. The van der Waals surface area contributed by atoms with E-state index in [0.29, 0.717) is 23.6 Å². The summed E-state index contributed by atoms with van der Waals surface area (Å²) < 4.78 is 15.1. The average Bonchev–Trinajstić information content (AvgIpc) is 2.96. The smallest absolute Gasteiger partial charge is 0.373 e. The maximum absolute atomic E-state index is 11.1. The van der Waals surface area contributed by atoms with Gasteiger partial charge in [-0.15, -0.1) is 0 Å². The summed E-state index contributed by atoms with van der Waals surface area (Å²) in [6, 6.07) is 1.61. The van der Waals surface area contributed by atoms with Crippen LogP contribution in [0.2, 0.25) is 0 Å². The molecule has 0 fully saturated rings. The zero-order chi connectivity index (χ0) is 13.8. The van der Waals surface area contributed by atoms with Gasteiger partial charge in [-0.1, -0.05) is 18.5 Å². The number of carboxylic acids is 1. The van der Waals surface area contributed by atoms with Crippen molar-refractivity contribution in [1.29, 1.82) is 0 Å². The van der Waals surface area contributed by atoms with E-state index < -0.39 is 5.97 Å². The molecule has 0 bridgehead atoms. The van der Waals surface area contributed by atoms with Gasteiger partial charge in [-0.05, 0) is 6.42 Å². The van der Waals surface area contributed by atoms with Gasteiger partial charge in [0.2, 0.25) is 11.7 Å². The lowest BCUT2D eigenvalue weighted by molar-refractivity contribution is 0.0661. The minimum absolute atomic E-state index is 0.145. The number of nitrogens with zero attached hydrogens (tertiary/aromatic N) is 2. The third-order valence-corrected chi connectivity index (χ3v) is 2.44. The van der Waals surface area contributed by atoms with E-state index in [1.807, 2.05) is 6.92 Å². The summed E-state index contributed by atoms with van der Waals surface area (Å²) in [6.45, 7) is 2.22. The Hall–Kier alpha value is -2.15. The lowest BCUT2D eigenvalue weighted by atomic mass is 10.2. The van der Waals surface area contributed by atoms with Crippen molar-refractivity contribution in [2.24, 2.45) is 0 Å². The highest BCUT2D eigenvalue weighted by atomic mass is 16.5. The Morgan fingerprint density at radius 1 is 1.53 bits per heavy atom. The maximum atomic E-state index is 11.1. The summed E-state index contributed by atoms with van der Waals surface area (Å²) in [5.41, 5.74) is 0.776. The number of aryl methyl sites for hydroxylation is 1. The average molecular weight is 266 g/mol. The molecule has 0 aliphatic rings. The number of oxazole rings is 1. The quantitative estimate of drug-likeness (QED) is 0.854. The van der Waals surface area contributed by atoms with Crippen molar-refractivity contribution in [2.45, 2.75) is 26.4 Å². The molecule has 102 valence electrons. The standard InChI is InChI=1S/C12H14N2O5/c1-3-4-8-10(12(15)16)18-11(13-8)9-5-7(6-17-2)19-14-9/h5H,3-4,6H2,1-2H3,(H,15,16). The summed E-state index contributed by atoms with van der Waals surface area (Å²) in [5.74, 6) is -0.618. The fraction of sp³-hybridized carbons (Fsp3) is 0.417. The number of carboxylic acid groups (broad SMARTS) is 1. The van der Waals surface area contributed by atoms with Crippen molar-refractivity contribution in [3.8, 4) is 11.6 Å². The van der Waals surface area contributed by atoms with Crippen molar-refractivity contribution < 1.29 is 23.6 Å². The molecule has 7 nitrogen and oxygen atoms in total. The van der Waals surface area contributed by atoms with Gasteiger partial charge in [-0.3, -0.25) is 0 Å². The Balaban J connectivity index is 2.33. The van der Waals surface area contributed by atoms with Crippen LogP contribution in [0.25, 0.3) is 11.6 Å². The summed E-state index contributed by atoms with van der Waals surface area (Å²) in [6.07, 6.45) is 1.31. The zero-order valence-electron chi connectivity index (χ0n) is 10.7. The summed E-state index contributed by atoms with van der Waals surface area (Å²) in [5, 5.41) is 12.8. The highest BCUT2D eigenvalue weighted by Gasteiger charge is 2.21. The van der Waals surface area contributed by atoms with Crippen LogP contribution < -0.4 is 0 Å². The van der Waals surface area contributed by atoms with Crippen LogP contribution in [0.15, 0.2) is 15.0 Å². The predicted molar refractivity (Wildman–Crippen MR) is 63.7 cm³/mol. The molecule has 0 aromatic carbocycles. The minimum atomic E-state index is -1.14. The van der Waals surface area contributed by atoms with Crippen LogP contribution in [0.3, 0.4) is 0 Å². The van der Waals surface area contributed by atoms with Crippen LogP contribution in [0.5, 0.6) is 0 Å². The fourth-order valence-corrected chi connectivity index (χ4v) is 1.66. The number of ether oxygens (including phenoxy) is 1. The number of aromatic nitrogens is 2. The first-order valence-electron chi connectivity index (χ1n) is 5.83. The lowest BCUT2D eigenvalue weighted by Crippen LogP contribution is -1.99. The molecule has 0 amide bonds. The molecule has 2 aromatic heterocycles. The van der Waals surface area contributed by atoms with Crippen LogP contribution in [0, 0.1) is 0 Å². The van der Waals surface area contributed by atoms with E-state index in [2.05, 4.69) is 10.1 Å². The molecule has 7 heteroatoms. The molecule has 0 aliphatic heterocycles. The number of hydrogen-bond acceptors (Lipinski definition) is 6. The van der Waals surface area contributed by atoms with Gasteiger partial charge in [0.15, 0.2) is 11.5 Å². The van der Waals surface area contributed by atoms with E-state index in [1.54, 1.807) is 6.07 Å². The molecule has 19 heavy (non-hydrogen) atoms. The topological polar surface area (TPSA) is 98.6 Å². The van der Waals surface area contributed by atoms with Crippen LogP contribution in [0.4, 0.5) is 0 Å². The summed E-state index contributed by atoms with van der Waals surface area (Å²) >= 11 is 0. The number of rotatable bonds is 6. The lowest BCUT2D eigenvalue weighted by Gasteiger charge is -1.91. The molecular weight excluding hydrogens is 252 g/mol. The van der Waals surface area contributed by atoms with Gasteiger partial charge >= 0.3 is 5.97 Å². The summed E-state index contributed by atoms with van der Waals surface area (Å²) in [7, 11) is 1.54. The fourth-order valence-electron chi connectivity index (χ4n) is 1.66. The van der Waals surface area contributed by atoms with Gasteiger partial charge in [0.05, 0.1) is 5.69 Å². The van der Waals surface area contributed by atoms with E-state index in [0.717, 1.165) is 6.42 Å². The van der Waals surface area contributed by atoms with E-state index >= 15 is 0 Å². The number of aromatic carboxylic acids is 1. The first-order valence-corrected chi connectivity index (χ1v) is 5.83. The van der Waals surface area contributed by atoms with Crippen molar-refractivity contribution in [1.82, 2.24) is 10.1 Å². The molecule has 0 atom stereocenters.